The van der Waals surface area contributed by atoms with Gasteiger partial charge in [0.1, 0.15) is 12.9 Å². The lowest BCUT2D eigenvalue weighted by molar-refractivity contribution is -0.248. The van der Waals surface area contributed by atoms with Crippen LogP contribution in [0.2, 0.25) is 0 Å². The second-order valence-electron chi connectivity index (χ2n) is 6.99. The quantitative estimate of drug-likeness (QED) is 0.567. The highest BCUT2D eigenvalue weighted by atomic mass is 16.7. The highest BCUT2D eigenvalue weighted by molar-refractivity contribution is 5.97. The van der Waals surface area contributed by atoms with Gasteiger partial charge >= 0.3 is 5.97 Å². The summed E-state index contributed by atoms with van der Waals surface area (Å²) in [6, 6.07) is 0. The Hall–Kier alpha value is -1.80. The fourth-order valence-corrected chi connectivity index (χ4v) is 3.15. The topological polar surface area (TPSA) is 108 Å². The van der Waals surface area contributed by atoms with E-state index in [9.17, 15) is 19.2 Å². The molecule has 0 saturated carbocycles. The molecule has 0 aliphatic carbocycles. The molecule has 2 heterocycles. The van der Waals surface area contributed by atoms with Gasteiger partial charge in [-0.2, -0.15) is 0 Å². The fourth-order valence-electron chi connectivity index (χ4n) is 3.15. The van der Waals surface area contributed by atoms with E-state index >= 15 is 0 Å². The van der Waals surface area contributed by atoms with E-state index in [4.69, 9.17) is 14.2 Å². The standard InChI is InChI=1S/C17H25NO7/c1-8(2)9(3)14(22)16-17(25-10(4)19)15(23-7-24-16)11-5-12(20)18-13(21)6-11/h8-9,11,15-17H,5-7H2,1-4H3,(H,18,20,21). The van der Waals surface area contributed by atoms with E-state index in [0.29, 0.717) is 0 Å². The summed E-state index contributed by atoms with van der Waals surface area (Å²) in [6.45, 7) is 6.71. The fraction of sp³-hybridized carbons (Fsp3) is 0.765. The van der Waals surface area contributed by atoms with Crippen molar-refractivity contribution < 1.29 is 33.4 Å². The SMILES string of the molecule is CC(=O)OC1C(C(=O)C(C)C(C)C)OCOC1C1CC(=O)NC(=O)C1. The van der Waals surface area contributed by atoms with Crippen LogP contribution in [0.3, 0.4) is 0 Å². The molecule has 2 fully saturated rings. The zero-order valence-corrected chi connectivity index (χ0v) is 14.9. The first-order valence-electron chi connectivity index (χ1n) is 8.47. The first-order chi connectivity index (χ1) is 11.7. The van der Waals surface area contributed by atoms with Crippen LogP contribution in [-0.4, -0.2) is 48.7 Å². The second-order valence-corrected chi connectivity index (χ2v) is 6.99. The highest BCUT2D eigenvalue weighted by Gasteiger charge is 2.48. The van der Waals surface area contributed by atoms with Crippen LogP contribution in [0.5, 0.6) is 0 Å². The molecule has 8 heteroatoms. The number of hydrogen-bond donors (Lipinski definition) is 1. The summed E-state index contributed by atoms with van der Waals surface area (Å²) in [5.74, 6) is -2.24. The van der Waals surface area contributed by atoms with E-state index in [1.54, 1.807) is 6.92 Å². The predicted octanol–water partition coefficient (Wildman–Crippen LogP) is 0.574. The maximum absolute atomic E-state index is 12.8. The van der Waals surface area contributed by atoms with Crippen LogP contribution in [0.4, 0.5) is 0 Å². The number of ether oxygens (including phenoxy) is 3. The molecule has 2 amide bonds. The van der Waals surface area contributed by atoms with Gasteiger partial charge in [0.15, 0.2) is 18.0 Å². The summed E-state index contributed by atoms with van der Waals surface area (Å²) in [5, 5.41) is 2.23. The number of ketones is 1. The zero-order valence-electron chi connectivity index (χ0n) is 14.9. The minimum absolute atomic E-state index is 0.0643. The molecule has 0 bridgehead atoms. The molecule has 8 nitrogen and oxygen atoms in total. The van der Waals surface area contributed by atoms with Crippen LogP contribution >= 0.6 is 0 Å². The second kappa shape index (κ2) is 8.05. The average molecular weight is 355 g/mol. The molecule has 4 atom stereocenters. The number of amides is 2. The summed E-state index contributed by atoms with van der Waals surface area (Å²) in [7, 11) is 0. The van der Waals surface area contributed by atoms with Crippen molar-refractivity contribution in [3.63, 3.8) is 0 Å². The number of piperidine rings is 1. The number of rotatable bonds is 5. The molecule has 0 aromatic heterocycles. The third-order valence-corrected chi connectivity index (χ3v) is 4.80. The summed E-state index contributed by atoms with van der Waals surface area (Å²) < 4.78 is 16.4. The van der Waals surface area contributed by atoms with Crippen molar-refractivity contribution in [2.75, 3.05) is 6.79 Å². The minimum atomic E-state index is -0.983. The molecular weight excluding hydrogens is 330 g/mol. The maximum Gasteiger partial charge on any atom is 0.303 e. The molecule has 2 saturated heterocycles. The van der Waals surface area contributed by atoms with Gasteiger partial charge in [0.05, 0.1) is 0 Å². The van der Waals surface area contributed by atoms with Crippen molar-refractivity contribution in [3.05, 3.63) is 0 Å². The van der Waals surface area contributed by atoms with Gasteiger partial charge in [-0.05, 0) is 5.92 Å². The van der Waals surface area contributed by atoms with Gasteiger partial charge in [-0.15, -0.1) is 0 Å². The third-order valence-electron chi connectivity index (χ3n) is 4.80. The molecule has 0 spiro atoms. The maximum atomic E-state index is 12.8. The van der Waals surface area contributed by atoms with Gasteiger partial charge in [-0.3, -0.25) is 24.5 Å². The van der Waals surface area contributed by atoms with Gasteiger partial charge < -0.3 is 14.2 Å². The van der Waals surface area contributed by atoms with E-state index in [1.165, 1.54) is 6.92 Å². The average Bonchev–Trinajstić information content (AvgIpc) is 2.52. The molecule has 140 valence electrons. The van der Waals surface area contributed by atoms with E-state index in [2.05, 4.69) is 5.32 Å². The van der Waals surface area contributed by atoms with Crippen LogP contribution in [0.1, 0.15) is 40.5 Å². The van der Waals surface area contributed by atoms with Crippen molar-refractivity contribution in [1.82, 2.24) is 5.32 Å². The summed E-state index contributed by atoms with van der Waals surface area (Å²) in [4.78, 5) is 47.7. The molecule has 25 heavy (non-hydrogen) atoms. The van der Waals surface area contributed by atoms with Gasteiger partial charge in [0.25, 0.3) is 0 Å². The molecule has 0 radical (unpaired) electrons. The van der Waals surface area contributed by atoms with Crippen LogP contribution in [0.15, 0.2) is 0 Å². The molecular formula is C17H25NO7. The Morgan fingerprint density at radius 2 is 1.72 bits per heavy atom. The Labute approximate surface area is 146 Å². The van der Waals surface area contributed by atoms with Gasteiger partial charge in [-0.1, -0.05) is 20.8 Å². The number of carbonyl (C=O) groups excluding carboxylic acids is 4. The molecule has 0 aromatic carbocycles. The largest absolute Gasteiger partial charge is 0.456 e. The summed E-state index contributed by atoms with van der Waals surface area (Å²) in [6.07, 6.45) is -2.58. The monoisotopic (exact) mass is 355 g/mol. The molecule has 2 rings (SSSR count). The van der Waals surface area contributed by atoms with Gasteiger partial charge in [-0.25, -0.2) is 0 Å². The predicted molar refractivity (Wildman–Crippen MR) is 85.0 cm³/mol. The van der Waals surface area contributed by atoms with Crippen LogP contribution in [0, 0.1) is 17.8 Å². The normalized spacial score (nSPS) is 29.2. The number of carbonyl (C=O) groups is 4. The minimum Gasteiger partial charge on any atom is -0.456 e. The number of esters is 1. The molecule has 4 unspecified atom stereocenters. The van der Waals surface area contributed by atoms with E-state index in [1.807, 2.05) is 13.8 Å². The van der Waals surface area contributed by atoms with Crippen molar-refractivity contribution in [2.45, 2.75) is 58.8 Å². The van der Waals surface area contributed by atoms with Gasteiger partial charge in [0.2, 0.25) is 11.8 Å². The van der Waals surface area contributed by atoms with Crippen molar-refractivity contribution in [2.24, 2.45) is 17.8 Å². The van der Waals surface area contributed by atoms with Crippen molar-refractivity contribution in [3.8, 4) is 0 Å². The third kappa shape index (κ3) is 4.64. The van der Waals surface area contributed by atoms with Crippen LogP contribution in [0.25, 0.3) is 0 Å². The number of Topliss-reactive ketones (excluding diaryl/α,β-unsaturated/α-hetero) is 1. The lowest BCUT2D eigenvalue weighted by atomic mass is 9.82. The Kier molecular flexibility index (Phi) is 6.29. The van der Waals surface area contributed by atoms with Gasteiger partial charge in [0, 0.05) is 31.6 Å². The lowest BCUT2D eigenvalue weighted by Crippen LogP contribution is -2.57. The van der Waals surface area contributed by atoms with E-state index in [-0.39, 0.29) is 37.3 Å². The molecule has 2 aliphatic rings. The Morgan fingerprint density at radius 1 is 1.12 bits per heavy atom. The molecule has 0 aromatic rings. The Bertz CT molecular complexity index is 543. The smallest absolute Gasteiger partial charge is 0.303 e. The number of nitrogens with one attached hydrogen (secondary N) is 1. The Morgan fingerprint density at radius 3 is 2.24 bits per heavy atom. The summed E-state index contributed by atoms with van der Waals surface area (Å²) in [5.41, 5.74) is 0. The first kappa shape index (κ1) is 19.5. The van der Waals surface area contributed by atoms with Crippen molar-refractivity contribution >= 4 is 23.6 Å². The first-order valence-corrected chi connectivity index (χ1v) is 8.47. The molecule has 2 aliphatic heterocycles. The lowest BCUT2D eigenvalue weighted by Gasteiger charge is -2.41. The van der Waals surface area contributed by atoms with E-state index < -0.39 is 42.0 Å². The van der Waals surface area contributed by atoms with Crippen molar-refractivity contribution in [1.29, 1.82) is 0 Å². The van der Waals surface area contributed by atoms with Crippen LogP contribution < -0.4 is 5.32 Å². The number of imide groups is 1. The van der Waals surface area contributed by atoms with Crippen LogP contribution in [-0.2, 0) is 33.4 Å². The summed E-state index contributed by atoms with van der Waals surface area (Å²) >= 11 is 0. The Balaban J connectivity index is 2.25. The zero-order chi connectivity index (χ0) is 18.7. The molecule has 1 N–H and O–H groups in total. The number of hydrogen-bond acceptors (Lipinski definition) is 7. The highest BCUT2D eigenvalue weighted by Crippen LogP contribution is 2.31. The van der Waals surface area contributed by atoms with E-state index in [0.717, 1.165) is 0 Å².